The predicted octanol–water partition coefficient (Wildman–Crippen LogP) is 2.98. The first kappa shape index (κ1) is 16.0. The molecule has 1 amide bonds. The topological polar surface area (TPSA) is 55.1 Å². The Bertz CT molecular complexity index is 470. The molecule has 0 fully saturated rings. The minimum Gasteiger partial charge on any atom is -0.391 e. The van der Waals surface area contributed by atoms with Crippen LogP contribution in [0.1, 0.15) is 37.0 Å². The first-order valence-electron chi connectivity index (χ1n) is 6.26. The number of nitrogens with two attached hydrogens (primary N) is 1. The highest BCUT2D eigenvalue weighted by Crippen LogP contribution is 2.22. The number of hydrogen-bond donors (Lipinski definition) is 2. The van der Waals surface area contributed by atoms with Gasteiger partial charge in [-0.1, -0.05) is 38.2 Å². The summed E-state index contributed by atoms with van der Waals surface area (Å²) in [6.07, 6.45) is 3.32. The summed E-state index contributed by atoms with van der Waals surface area (Å²) in [7, 11) is 0. The molecule has 104 valence electrons. The lowest BCUT2D eigenvalue weighted by Gasteiger charge is -2.32. The van der Waals surface area contributed by atoms with Crippen LogP contribution in [-0.4, -0.2) is 22.7 Å². The van der Waals surface area contributed by atoms with Crippen LogP contribution < -0.4 is 11.1 Å². The molecule has 19 heavy (non-hydrogen) atoms. The molecule has 3 nitrogen and oxygen atoms in total. The van der Waals surface area contributed by atoms with Gasteiger partial charge in [-0.2, -0.15) is 0 Å². The zero-order valence-corrected chi connectivity index (χ0v) is 13.2. The van der Waals surface area contributed by atoms with E-state index in [1.807, 2.05) is 44.4 Å². The number of thiocarbonyl (C=S) groups is 1. The third-order valence-corrected chi connectivity index (χ3v) is 4.57. The second kappa shape index (κ2) is 6.91. The Balaban J connectivity index is 3.04. The van der Waals surface area contributed by atoms with Crippen molar-refractivity contribution in [2.45, 2.75) is 37.1 Å². The Kier molecular flexibility index (Phi) is 5.82. The Morgan fingerprint density at radius 3 is 2.42 bits per heavy atom. The van der Waals surface area contributed by atoms with E-state index in [1.165, 1.54) is 0 Å². The Morgan fingerprint density at radius 1 is 1.37 bits per heavy atom. The molecule has 5 heteroatoms. The molecule has 0 atom stereocenters. The molecule has 1 rings (SSSR count). The van der Waals surface area contributed by atoms with Gasteiger partial charge in [-0.25, -0.2) is 0 Å². The summed E-state index contributed by atoms with van der Waals surface area (Å²) < 4.78 is 0. The summed E-state index contributed by atoms with van der Waals surface area (Å²) in [5, 5.41) is 3.00. The fourth-order valence-corrected chi connectivity index (χ4v) is 2.89. The van der Waals surface area contributed by atoms with Gasteiger partial charge in [-0.05, 0) is 31.2 Å². The number of rotatable bonds is 6. The van der Waals surface area contributed by atoms with Gasteiger partial charge in [0.15, 0.2) is 0 Å². The van der Waals surface area contributed by atoms with Gasteiger partial charge in [-0.3, -0.25) is 4.79 Å². The van der Waals surface area contributed by atoms with E-state index in [1.54, 1.807) is 11.8 Å². The van der Waals surface area contributed by atoms with E-state index in [0.29, 0.717) is 23.4 Å². The van der Waals surface area contributed by atoms with Gasteiger partial charge in [0.1, 0.15) is 0 Å². The average Bonchev–Trinajstić information content (AvgIpc) is 2.44. The Hall–Kier alpha value is -1.07. The van der Waals surface area contributed by atoms with Gasteiger partial charge in [-0.15, -0.1) is 11.8 Å². The smallest absolute Gasteiger partial charge is 0.253 e. The van der Waals surface area contributed by atoms with Crippen LogP contribution in [0.5, 0.6) is 0 Å². The van der Waals surface area contributed by atoms with E-state index in [4.69, 9.17) is 18.0 Å². The van der Waals surface area contributed by atoms with E-state index in [-0.39, 0.29) is 5.91 Å². The van der Waals surface area contributed by atoms with Crippen LogP contribution in [0.4, 0.5) is 0 Å². The van der Waals surface area contributed by atoms with E-state index in [2.05, 4.69) is 5.32 Å². The highest BCUT2D eigenvalue weighted by Gasteiger charge is 2.32. The van der Waals surface area contributed by atoms with Gasteiger partial charge < -0.3 is 11.1 Å². The number of carbonyl (C=O) groups excluding carboxylic acids is 1. The predicted molar refractivity (Wildman–Crippen MR) is 85.8 cm³/mol. The fourth-order valence-electron chi connectivity index (χ4n) is 1.95. The molecule has 0 saturated heterocycles. The molecule has 1 aromatic carbocycles. The summed E-state index contributed by atoms with van der Waals surface area (Å²) in [6, 6.07) is 7.52. The van der Waals surface area contributed by atoms with Gasteiger partial charge in [0.2, 0.25) is 0 Å². The monoisotopic (exact) mass is 296 g/mol. The maximum Gasteiger partial charge on any atom is 0.253 e. The quantitative estimate of drug-likeness (QED) is 0.626. The zero-order valence-electron chi connectivity index (χ0n) is 11.5. The van der Waals surface area contributed by atoms with E-state index in [0.717, 1.165) is 4.90 Å². The molecule has 3 N–H and O–H groups in total. The summed E-state index contributed by atoms with van der Waals surface area (Å²) in [4.78, 5) is 13.7. The van der Waals surface area contributed by atoms with Crippen molar-refractivity contribution in [3.05, 3.63) is 29.8 Å². The van der Waals surface area contributed by atoms with Crippen molar-refractivity contribution in [2.75, 3.05) is 6.26 Å². The number of thioether (sulfide) groups is 1. The highest BCUT2D eigenvalue weighted by atomic mass is 32.2. The molecule has 0 aliphatic carbocycles. The summed E-state index contributed by atoms with van der Waals surface area (Å²) in [6.45, 7) is 3.95. The molecule has 0 spiro atoms. The standard InChI is InChI=1S/C14H20N2OS2/c1-4-14(5-2,13(15)18)16-12(17)10-8-6-7-9-11(10)19-3/h6-9H,4-5H2,1-3H3,(H2,15,18)(H,16,17). The highest BCUT2D eigenvalue weighted by molar-refractivity contribution is 7.98. The van der Waals surface area contributed by atoms with Gasteiger partial charge >= 0.3 is 0 Å². The third kappa shape index (κ3) is 3.48. The number of amides is 1. The number of nitrogens with one attached hydrogen (secondary N) is 1. The number of hydrogen-bond acceptors (Lipinski definition) is 3. The molecule has 0 aliphatic rings. The van der Waals surface area contributed by atoms with Crippen LogP contribution in [-0.2, 0) is 0 Å². The summed E-state index contributed by atoms with van der Waals surface area (Å²) in [5.74, 6) is -0.124. The zero-order chi connectivity index (χ0) is 14.5. The first-order chi connectivity index (χ1) is 9.00. The van der Waals surface area contributed by atoms with Crippen molar-refractivity contribution in [3.63, 3.8) is 0 Å². The Morgan fingerprint density at radius 2 is 1.95 bits per heavy atom. The van der Waals surface area contributed by atoms with Crippen LogP contribution >= 0.6 is 24.0 Å². The average molecular weight is 296 g/mol. The molecule has 0 aromatic heterocycles. The lowest BCUT2D eigenvalue weighted by molar-refractivity contribution is 0.0917. The molecule has 0 unspecified atom stereocenters. The minimum atomic E-state index is -0.599. The minimum absolute atomic E-state index is 0.124. The van der Waals surface area contributed by atoms with Crippen LogP contribution in [0.15, 0.2) is 29.2 Å². The molecular formula is C14H20N2OS2. The van der Waals surface area contributed by atoms with Crippen molar-refractivity contribution in [2.24, 2.45) is 5.73 Å². The second-order valence-corrected chi connectivity index (χ2v) is 5.60. The van der Waals surface area contributed by atoms with Crippen molar-refractivity contribution in [1.29, 1.82) is 0 Å². The number of benzene rings is 1. The molecule has 0 heterocycles. The molecule has 0 bridgehead atoms. The van der Waals surface area contributed by atoms with Gasteiger partial charge in [0, 0.05) is 4.90 Å². The van der Waals surface area contributed by atoms with Crippen LogP contribution in [0.3, 0.4) is 0 Å². The van der Waals surface area contributed by atoms with Crippen molar-refractivity contribution in [1.82, 2.24) is 5.32 Å². The first-order valence-corrected chi connectivity index (χ1v) is 7.89. The van der Waals surface area contributed by atoms with E-state index in [9.17, 15) is 4.79 Å². The van der Waals surface area contributed by atoms with Crippen LogP contribution in [0.25, 0.3) is 0 Å². The van der Waals surface area contributed by atoms with E-state index < -0.39 is 5.54 Å². The lowest BCUT2D eigenvalue weighted by atomic mass is 9.92. The maximum atomic E-state index is 12.4. The van der Waals surface area contributed by atoms with Crippen molar-refractivity contribution >= 4 is 34.9 Å². The summed E-state index contributed by atoms with van der Waals surface area (Å²) in [5.41, 5.74) is 5.87. The van der Waals surface area contributed by atoms with Crippen molar-refractivity contribution < 1.29 is 4.79 Å². The number of carbonyl (C=O) groups is 1. The van der Waals surface area contributed by atoms with Gasteiger partial charge in [0.05, 0.1) is 16.1 Å². The van der Waals surface area contributed by atoms with Gasteiger partial charge in [0.25, 0.3) is 5.91 Å². The lowest BCUT2D eigenvalue weighted by Crippen LogP contribution is -2.56. The van der Waals surface area contributed by atoms with Crippen LogP contribution in [0, 0.1) is 0 Å². The largest absolute Gasteiger partial charge is 0.391 e. The summed E-state index contributed by atoms with van der Waals surface area (Å²) >= 11 is 6.66. The third-order valence-electron chi connectivity index (χ3n) is 3.38. The molecular weight excluding hydrogens is 276 g/mol. The molecule has 0 aliphatic heterocycles. The van der Waals surface area contributed by atoms with Crippen LogP contribution in [0.2, 0.25) is 0 Å². The van der Waals surface area contributed by atoms with Crippen molar-refractivity contribution in [3.8, 4) is 0 Å². The molecule has 1 aromatic rings. The fraction of sp³-hybridized carbons (Fsp3) is 0.429. The second-order valence-electron chi connectivity index (χ2n) is 4.31. The molecule has 0 saturated carbocycles. The van der Waals surface area contributed by atoms with E-state index >= 15 is 0 Å². The maximum absolute atomic E-state index is 12.4. The molecule has 0 radical (unpaired) electrons. The SMILES string of the molecule is CCC(CC)(NC(=O)c1ccccc1SC)C(N)=S. The normalized spacial score (nSPS) is 11.1. The Labute approximate surface area is 124 Å².